The molecule has 0 atom stereocenters. The number of anilines is 2. The predicted molar refractivity (Wildman–Crippen MR) is 101 cm³/mol. The number of amides is 2. The summed E-state index contributed by atoms with van der Waals surface area (Å²) in [7, 11) is 0. The molecule has 2 aromatic carbocycles. The molecule has 0 saturated carbocycles. The van der Waals surface area contributed by atoms with Crippen LogP contribution >= 0.6 is 27.3 Å². The maximum absolute atomic E-state index is 12.3. The molecule has 0 aliphatic heterocycles. The van der Waals surface area contributed by atoms with Gasteiger partial charge in [-0.25, -0.2) is 4.98 Å². The van der Waals surface area contributed by atoms with E-state index in [4.69, 9.17) is 0 Å². The molecule has 0 spiro atoms. The molecule has 24 heavy (non-hydrogen) atoms. The Bertz CT molecular complexity index is 923. The Labute approximate surface area is 151 Å². The van der Waals surface area contributed by atoms with Crippen LogP contribution in [0.4, 0.5) is 10.8 Å². The van der Waals surface area contributed by atoms with E-state index in [0.29, 0.717) is 22.8 Å². The second-order valence-electron chi connectivity index (χ2n) is 5.07. The first kappa shape index (κ1) is 16.6. The number of thiazole rings is 1. The van der Waals surface area contributed by atoms with Gasteiger partial charge in [-0.15, -0.1) is 0 Å². The summed E-state index contributed by atoms with van der Waals surface area (Å²) >= 11 is 4.73. The fraction of sp³-hybridized carbons (Fsp3) is 0.118. The van der Waals surface area contributed by atoms with Crippen LogP contribution in [0.1, 0.15) is 23.7 Å². The van der Waals surface area contributed by atoms with Crippen LogP contribution in [0.25, 0.3) is 10.2 Å². The van der Waals surface area contributed by atoms with E-state index in [-0.39, 0.29) is 11.8 Å². The van der Waals surface area contributed by atoms with Crippen LogP contribution in [0.3, 0.4) is 0 Å². The van der Waals surface area contributed by atoms with Crippen LogP contribution in [-0.2, 0) is 4.79 Å². The molecular weight excluding hydrogens is 390 g/mol. The second kappa shape index (κ2) is 7.11. The molecule has 1 heterocycles. The van der Waals surface area contributed by atoms with Gasteiger partial charge in [-0.05, 0) is 36.4 Å². The SMILES string of the molecule is CCC(=O)Nc1nc2ccc(NC(=O)c3cccc(Br)c3)cc2s1. The van der Waals surface area contributed by atoms with Crippen molar-refractivity contribution in [3.8, 4) is 0 Å². The first-order valence-electron chi connectivity index (χ1n) is 7.32. The fourth-order valence-corrected chi connectivity index (χ4v) is 3.42. The molecular formula is C17H14BrN3O2S. The minimum absolute atomic E-state index is 0.0720. The lowest BCUT2D eigenvalue weighted by Crippen LogP contribution is -2.11. The van der Waals surface area contributed by atoms with Crippen molar-refractivity contribution >= 4 is 60.1 Å². The monoisotopic (exact) mass is 403 g/mol. The van der Waals surface area contributed by atoms with Crippen molar-refractivity contribution in [1.29, 1.82) is 0 Å². The quantitative estimate of drug-likeness (QED) is 0.665. The van der Waals surface area contributed by atoms with E-state index in [1.54, 1.807) is 25.1 Å². The van der Waals surface area contributed by atoms with Crippen LogP contribution < -0.4 is 10.6 Å². The number of hydrogen-bond donors (Lipinski definition) is 2. The first-order chi connectivity index (χ1) is 11.5. The predicted octanol–water partition coefficient (Wildman–Crippen LogP) is 4.66. The van der Waals surface area contributed by atoms with Crippen LogP contribution in [0.15, 0.2) is 46.9 Å². The Balaban J connectivity index is 1.80. The van der Waals surface area contributed by atoms with Crippen molar-refractivity contribution in [1.82, 2.24) is 4.98 Å². The number of aromatic nitrogens is 1. The number of carbonyl (C=O) groups excluding carboxylic acids is 2. The molecule has 5 nitrogen and oxygen atoms in total. The summed E-state index contributed by atoms with van der Waals surface area (Å²) in [4.78, 5) is 28.1. The molecule has 3 rings (SSSR count). The summed E-state index contributed by atoms with van der Waals surface area (Å²) in [5, 5.41) is 6.18. The highest BCUT2D eigenvalue weighted by Gasteiger charge is 2.10. The zero-order chi connectivity index (χ0) is 17.1. The average Bonchev–Trinajstić information content (AvgIpc) is 2.96. The van der Waals surface area contributed by atoms with E-state index in [9.17, 15) is 9.59 Å². The number of hydrogen-bond acceptors (Lipinski definition) is 4. The van der Waals surface area contributed by atoms with Gasteiger partial charge in [0.15, 0.2) is 5.13 Å². The van der Waals surface area contributed by atoms with Crippen molar-refractivity contribution in [2.24, 2.45) is 0 Å². The lowest BCUT2D eigenvalue weighted by Gasteiger charge is -2.05. The second-order valence-corrected chi connectivity index (χ2v) is 7.01. The van der Waals surface area contributed by atoms with Crippen molar-refractivity contribution in [2.75, 3.05) is 10.6 Å². The summed E-state index contributed by atoms with van der Waals surface area (Å²) in [6, 6.07) is 12.7. The van der Waals surface area contributed by atoms with Crippen LogP contribution in [0.2, 0.25) is 0 Å². The Morgan fingerprint density at radius 3 is 2.75 bits per heavy atom. The minimum atomic E-state index is -0.181. The summed E-state index contributed by atoms with van der Waals surface area (Å²) in [5.74, 6) is -0.253. The van der Waals surface area contributed by atoms with Crippen molar-refractivity contribution in [2.45, 2.75) is 13.3 Å². The molecule has 1 aromatic heterocycles. The third-order valence-electron chi connectivity index (χ3n) is 3.30. The zero-order valence-corrected chi connectivity index (χ0v) is 15.2. The highest BCUT2D eigenvalue weighted by atomic mass is 79.9. The van der Waals surface area contributed by atoms with Gasteiger partial charge in [-0.1, -0.05) is 40.3 Å². The Morgan fingerprint density at radius 2 is 2.00 bits per heavy atom. The van der Waals surface area contributed by atoms with Crippen molar-refractivity contribution in [3.63, 3.8) is 0 Å². The number of benzene rings is 2. The van der Waals surface area contributed by atoms with Gasteiger partial charge in [0.05, 0.1) is 10.2 Å². The third kappa shape index (κ3) is 3.80. The van der Waals surface area contributed by atoms with Gasteiger partial charge < -0.3 is 10.6 Å². The molecule has 0 unspecified atom stereocenters. The zero-order valence-electron chi connectivity index (χ0n) is 12.8. The molecule has 0 bridgehead atoms. The molecule has 122 valence electrons. The summed E-state index contributed by atoms with van der Waals surface area (Å²) < 4.78 is 1.75. The van der Waals surface area contributed by atoms with Crippen LogP contribution in [0, 0.1) is 0 Å². The van der Waals surface area contributed by atoms with Gasteiger partial charge in [0.1, 0.15) is 0 Å². The van der Waals surface area contributed by atoms with Crippen molar-refractivity contribution < 1.29 is 9.59 Å². The number of fused-ring (bicyclic) bond motifs is 1. The third-order valence-corrected chi connectivity index (χ3v) is 4.73. The number of carbonyl (C=O) groups is 2. The number of nitrogens with one attached hydrogen (secondary N) is 2. The summed E-state index contributed by atoms with van der Waals surface area (Å²) in [6.07, 6.45) is 0.407. The van der Waals surface area contributed by atoms with Gasteiger partial charge in [0.2, 0.25) is 5.91 Å². The number of nitrogens with zero attached hydrogens (tertiary/aromatic N) is 1. The van der Waals surface area contributed by atoms with E-state index >= 15 is 0 Å². The average molecular weight is 404 g/mol. The van der Waals surface area contributed by atoms with E-state index < -0.39 is 0 Å². The van der Waals surface area contributed by atoms with Gasteiger partial charge in [-0.2, -0.15) is 0 Å². The van der Waals surface area contributed by atoms with Crippen molar-refractivity contribution in [3.05, 3.63) is 52.5 Å². The molecule has 3 aromatic rings. The standard InChI is InChI=1S/C17H14BrN3O2S/c1-2-15(22)21-17-20-13-7-6-12(9-14(13)24-17)19-16(23)10-4-3-5-11(18)8-10/h3-9H,2H2,1H3,(H,19,23)(H,20,21,22). The lowest BCUT2D eigenvalue weighted by molar-refractivity contribution is -0.115. The highest BCUT2D eigenvalue weighted by molar-refractivity contribution is 9.10. The van der Waals surface area contributed by atoms with E-state index in [2.05, 4.69) is 31.5 Å². The molecule has 2 N–H and O–H groups in total. The Morgan fingerprint density at radius 1 is 1.17 bits per heavy atom. The summed E-state index contributed by atoms with van der Waals surface area (Å²) in [5.41, 5.74) is 2.04. The largest absolute Gasteiger partial charge is 0.322 e. The van der Waals surface area contributed by atoms with E-state index in [1.165, 1.54) is 11.3 Å². The molecule has 2 amide bonds. The Kier molecular flexibility index (Phi) is 4.92. The number of halogens is 1. The van der Waals surface area contributed by atoms with Crippen LogP contribution in [0.5, 0.6) is 0 Å². The smallest absolute Gasteiger partial charge is 0.255 e. The first-order valence-corrected chi connectivity index (χ1v) is 8.93. The topological polar surface area (TPSA) is 71.1 Å². The molecule has 0 aliphatic carbocycles. The lowest BCUT2D eigenvalue weighted by atomic mass is 10.2. The van der Waals surface area contributed by atoms with Gasteiger partial charge in [0.25, 0.3) is 5.91 Å². The van der Waals surface area contributed by atoms with Gasteiger partial charge in [-0.3, -0.25) is 9.59 Å². The van der Waals surface area contributed by atoms with Crippen LogP contribution in [-0.4, -0.2) is 16.8 Å². The van der Waals surface area contributed by atoms with E-state index in [0.717, 1.165) is 14.7 Å². The highest BCUT2D eigenvalue weighted by Crippen LogP contribution is 2.28. The molecule has 0 saturated heterocycles. The number of rotatable bonds is 4. The summed E-state index contributed by atoms with van der Waals surface area (Å²) in [6.45, 7) is 1.79. The normalized spacial score (nSPS) is 10.6. The van der Waals surface area contributed by atoms with Gasteiger partial charge in [0, 0.05) is 22.1 Å². The van der Waals surface area contributed by atoms with Gasteiger partial charge >= 0.3 is 0 Å². The maximum Gasteiger partial charge on any atom is 0.255 e. The molecule has 0 fully saturated rings. The Hall–Kier alpha value is -2.25. The van der Waals surface area contributed by atoms with E-state index in [1.807, 2.05) is 24.3 Å². The fourth-order valence-electron chi connectivity index (χ4n) is 2.10. The minimum Gasteiger partial charge on any atom is -0.322 e. The molecule has 0 radical (unpaired) electrons. The maximum atomic E-state index is 12.3. The molecule has 7 heteroatoms. The molecule has 0 aliphatic rings.